The van der Waals surface area contributed by atoms with Crippen molar-refractivity contribution >= 4 is 44.6 Å². The number of pyridine rings is 1. The van der Waals surface area contributed by atoms with Crippen LogP contribution in [0.25, 0.3) is 72.1 Å². The van der Waals surface area contributed by atoms with Crippen LogP contribution in [-0.2, 0) is 42.7 Å². The Kier molecular flexibility index (Phi) is 15.2. The Bertz CT molecular complexity index is 4290. The second-order valence-electron chi connectivity index (χ2n) is 26.3. The van der Waals surface area contributed by atoms with Crippen LogP contribution in [0, 0.1) is 36.3 Å². The number of hydrogen-bond donors (Lipinski definition) is 0. The number of aromatic nitrogens is 2. The van der Waals surface area contributed by atoms with E-state index in [9.17, 15) is 0 Å². The van der Waals surface area contributed by atoms with Crippen LogP contribution in [0.1, 0.15) is 105 Å². The number of hydrogen-bond acceptors (Lipinski definition) is 4. The molecule has 432 valence electrons. The van der Waals surface area contributed by atoms with E-state index in [4.69, 9.17) is 9.72 Å². The maximum absolute atomic E-state index is 16.9. The zero-order valence-electron chi connectivity index (χ0n) is 50.1. The van der Waals surface area contributed by atoms with Gasteiger partial charge in [0, 0.05) is 84.6 Å². The van der Waals surface area contributed by atoms with Crippen LogP contribution in [0.3, 0.4) is 0 Å². The average Bonchev–Trinajstić information content (AvgIpc) is 2.17. The van der Waals surface area contributed by atoms with E-state index in [1.165, 1.54) is 5.56 Å². The number of anilines is 4. The van der Waals surface area contributed by atoms with Gasteiger partial charge in [-0.05, 0) is 114 Å². The predicted octanol–water partition coefficient (Wildman–Crippen LogP) is 21.3. The molecule has 0 spiro atoms. The number of halogens is 3. The fraction of sp³-hybridized carbons (Fsp3) is 0.211. The van der Waals surface area contributed by atoms with E-state index in [1.807, 2.05) is 103 Å². The van der Waals surface area contributed by atoms with Gasteiger partial charge in [-0.1, -0.05) is 192 Å². The van der Waals surface area contributed by atoms with Gasteiger partial charge in [0.2, 0.25) is 0 Å². The normalized spacial score (nSPS) is 12.9. The van der Waals surface area contributed by atoms with E-state index in [1.54, 1.807) is 0 Å². The molecule has 0 aliphatic carbocycles. The molecule has 9 aromatic carbocycles. The summed E-state index contributed by atoms with van der Waals surface area (Å²) in [6.45, 7) is 28.3. The number of para-hydroxylation sites is 3. The molecular weight excluding hydrogens is 1240 g/mol. The quantitative estimate of drug-likeness (QED) is 0.135. The van der Waals surface area contributed by atoms with Crippen LogP contribution in [0.2, 0.25) is 0 Å². The summed E-state index contributed by atoms with van der Waals surface area (Å²) in [6, 6.07) is 66.6. The van der Waals surface area contributed by atoms with Crippen molar-refractivity contribution < 1.29 is 39.0 Å². The van der Waals surface area contributed by atoms with Gasteiger partial charge in [0.15, 0.2) is 0 Å². The zero-order chi connectivity index (χ0) is 59.2. The third-order valence-electron chi connectivity index (χ3n) is 16.1. The van der Waals surface area contributed by atoms with Crippen molar-refractivity contribution in [2.24, 2.45) is 0 Å². The van der Waals surface area contributed by atoms with E-state index < -0.39 is 17.5 Å². The number of fused-ring (bicyclic) bond motifs is 4. The van der Waals surface area contributed by atoms with Gasteiger partial charge < -0.3 is 19.1 Å². The summed E-state index contributed by atoms with van der Waals surface area (Å²) in [6.07, 6.45) is 1.87. The molecule has 0 saturated heterocycles. The van der Waals surface area contributed by atoms with Crippen LogP contribution in [0.4, 0.5) is 35.9 Å². The molecule has 11 aromatic rings. The summed E-state index contributed by atoms with van der Waals surface area (Å²) >= 11 is 0. The number of nitrogens with zero attached hydrogens (tertiary/aromatic N) is 4. The van der Waals surface area contributed by atoms with Crippen LogP contribution < -0.4 is 14.5 Å². The molecule has 1 aliphatic heterocycles. The zero-order valence-corrected chi connectivity index (χ0v) is 52.4. The fourth-order valence-corrected chi connectivity index (χ4v) is 11.4. The van der Waals surface area contributed by atoms with Crippen molar-refractivity contribution in [3.63, 3.8) is 0 Å². The van der Waals surface area contributed by atoms with Gasteiger partial charge in [-0.3, -0.25) is 0 Å². The minimum Gasteiger partial charge on any atom is -0.509 e. The summed E-state index contributed by atoms with van der Waals surface area (Å²) in [5.74, 6) is -1.33. The summed E-state index contributed by atoms with van der Waals surface area (Å²) in [5, 5.41) is 2.08. The minimum atomic E-state index is -1.02. The summed E-state index contributed by atoms with van der Waals surface area (Å²) in [5.41, 5.74) is 13.3. The molecular formula is C76H68F3N4OPt-3. The molecule has 9 heteroatoms. The molecule has 0 bridgehead atoms. The molecule has 1 aliphatic rings. The van der Waals surface area contributed by atoms with E-state index in [-0.39, 0.29) is 53.9 Å². The van der Waals surface area contributed by atoms with Crippen LogP contribution in [-0.4, -0.2) is 9.55 Å². The maximum atomic E-state index is 16.9. The fourth-order valence-electron chi connectivity index (χ4n) is 11.4. The summed E-state index contributed by atoms with van der Waals surface area (Å²) in [7, 11) is 0. The van der Waals surface area contributed by atoms with Gasteiger partial charge >= 0.3 is 0 Å². The van der Waals surface area contributed by atoms with Crippen LogP contribution in [0.15, 0.2) is 188 Å². The maximum Gasteiger partial charge on any atom is 0.136 e. The first-order valence-corrected chi connectivity index (χ1v) is 28.7. The van der Waals surface area contributed by atoms with E-state index >= 15 is 13.2 Å². The standard InChI is InChI=1S/C76H68F3N4O.Pt/c1-73(2,3)52-28-26-48(27-29-52)49-36-57(44-59(37-49)84-58-30-31-61-60-22-16-17-23-66(60)83(69(61)45-58)70-41-53(32-33-80-70)74(4,5)6)81-46-82(68-25-19-18-24-67(68)81)72-62(51-34-54(75(7,8)9)40-55(35-51)76(10,11)12)38-50(47-20-14-13-15-21-47)39-63(72)71-64(78)42-56(77)43-65(71)79;/h13-43,46H,1-12H3;/q-3;. The Morgan fingerprint density at radius 3 is 1.67 bits per heavy atom. The summed E-state index contributed by atoms with van der Waals surface area (Å²) in [4.78, 5) is 8.98. The molecule has 12 rings (SSSR count). The molecule has 0 atom stereocenters. The molecule has 0 unspecified atom stereocenters. The average molecular weight is 1310 g/mol. The molecule has 2 aromatic heterocycles. The summed E-state index contributed by atoms with van der Waals surface area (Å²) < 4.78 is 58.0. The molecule has 0 saturated carbocycles. The van der Waals surface area contributed by atoms with Gasteiger partial charge in [0.25, 0.3) is 0 Å². The molecule has 3 heterocycles. The Morgan fingerprint density at radius 2 is 1.02 bits per heavy atom. The number of ether oxygens (including phenoxy) is 1. The van der Waals surface area contributed by atoms with Crippen LogP contribution >= 0.6 is 0 Å². The van der Waals surface area contributed by atoms with E-state index in [0.29, 0.717) is 22.9 Å². The largest absolute Gasteiger partial charge is 0.509 e. The third kappa shape index (κ3) is 11.3. The van der Waals surface area contributed by atoms with Gasteiger partial charge in [-0.2, -0.15) is 6.07 Å². The number of rotatable bonds is 9. The topological polar surface area (TPSA) is 33.5 Å². The Balaban J connectivity index is 0.00000752. The smallest absolute Gasteiger partial charge is 0.136 e. The van der Waals surface area contributed by atoms with Crippen molar-refractivity contribution in [1.29, 1.82) is 0 Å². The first kappa shape index (κ1) is 58.6. The molecule has 0 amide bonds. The van der Waals surface area contributed by atoms with E-state index in [2.05, 4.69) is 190 Å². The molecule has 85 heavy (non-hydrogen) atoms. The van der Waals surface area contributed by atoms with Crippen molar-refractivity contribution in [2.75, 3.05) is 9.80 Å². The molecule has 0 fully saturated rings. The van der Waals surface area contributed by atoms with Crippen molar-refractivity contribution in [1.82, 2.24) is 9.55 Å². The van der Waals surface area contributed by atoms with Crippen LogP contribution in [0.5, 0.6) is 11.5 Å². The number of benzene rings is 9. The molecule has 0 radical (unpaired) electrons. The third-order valence-corrected chi connectivity index (χ3v) is 16.1. The Labute approximate surface area is 513 Å². The monoisotopic (exact) mass is 1300 g/mol. The molecule has 0 N–H and O–H groups in total. The van der Waals surface area contributed by atoms with Crippen molar-refractivity contribution in [3.05, 3.63) is 247 Å². The minimum absolute atomic E-state index is 0. The van der Waals surface area contributed by atoms with Gasteiger partial charge in [-0.15, -0.1) is 53.6 Å². The van der Waals surface area contributed by atoms with Gasteiger partial charge in [0.1, 0.15) is 23.3 Å². The Morgan fingerprint density at radius 1 is 0.447 bits per heavy atom. The first-order chi connectivity index (χ1) is 39.9. The predicted molar refractivity (Wildman–Crippen MR) is 341 cm³/mol. The van der Waals surface area contributed by atoms with E-state index in [0.717, 1.165) is 101 Å². The Hall–Kier alpha value is -8.19. The first-order valence-electron chi connectivity index (χ1n) is 28.7. The van der Waals surface area contributed by atoms with Gasteiger partial charge in [0.05, 0.1) is 5.56 Å². The SMILES string of the molecule is CC(C)(C)c1ccc(-c2cc(Oc3[c-]c4c(cc3)c3ccccc3n4-c3cc(C(C)(C)C)ccn3)[c-]c(N3[CH-]N(c4c(-c5cc(C(C)(C)C)cc(C(C)(C)C)c5)cc(-c5ccccc5)cc4-c4c(F)cc(F)cc4F)c4ccccc43)c2)cc1.[Pt]. The molecule has 5 nitrogen and oxygen atoms in total. The van der Waals surface area contributed by atoms with Crippen molar-refractivity contribution in [2.45, 2.75) is 105 Å². The van der Waals surface area contributed by atoms with Crippen molar-refractivity contribution in [3.8, 4) is 61.8 Å². The van der Waals surface area contributed by atoms with Gasteiger partial charge in [-0.25, -0.2) is 18.2 Å². The second-order valence-corrected chi connectivity index (χ2v) is 26.3. The second kappa shape index (κ2) is 22.0.